The fraction of sp³-hybridized carbons (Fsp3) is 0.348. The lowest BCUT2D eigenvalue weighted by Crippen LogP contribution is -2.26. The van der Waals surface area contributed by atoms with Crippen molar-refractivity contribution in [1.29, 1.82) is 0 Å². The summed E-state index contributed by atoms with van der Waals surface area (Å²) in [5.41, 5.74) is 4.52. The van der Waals surface area contributed by atoms with Gasteiger partial charge < -0.3 is 19.8 Å². The van der Waals surface area contributed by atoms with Gasteiger partial charge in [0.2, 0.25) is 12.7 Å². The van der Waals surface area contributed by atoms with Gasteiger partial charge in [0.1, 0.15) is 0 Å². The summed E-state index contributed by atoms with van der Waals surface area (Å²) in [6, 6.07) is 12.3. The largest absolute Gasteiger partial charge is 0.454 e. The van der Waals surface area contributed by atoms with Gasteiger partial charge in [0.15, 0.2) is 11.5 Å². The molecule has 0 saturated heterocycles. The molecule has 1 aromatic heterocycles. The van der Waals surface area contributed by atoms with Gasteiger partial charge in [-0.25, -0.2) is 0 Å². The van der Waals surface area contributed by atoms with E-state index in [9.17, 15) is 4.79 Å². The number of carbonyl (C=O) groups excluding carboxylic acids is 1. The van der Waals surface area contributed by atoms with E-state index in [1.807, 2.05) is 24.4 Å². The van der Waals surface area contributed by atoms with Gasteiger partial charge in [-0.05, 0) is 30.0 Å². The summed E-state index contributed by atoms with van der Waals surface area (Å²) < 4.78 is 11.3. The van der Waals surface area contributed by atoms with Gasteiger partial charge in [-0.15, -0.1) is 0 Å². The van der Waals surface area contributed by atoms with Gasteiger partial charge in [0.25, 0.3) is 0 Å². The summed E-state index contributed by atoms with van der Waals surface area (Å²) in [4.78, 5) is 16.1. The molecular weight excluding hydrogens is 352 g/mol. The van der Waals surface area contributed by atoms with Crippen molar-refractivity contribution in [3.05, 3.63) is 59.3 Å². The quantitative estimate of drug-likeness (QED) is 0.636. The minimum atomic E-state index is -0.116. The van der Waals surface area contributed by atoms with Gasteiger partial charge in [-0.2, -0.15) is 0 Å². The second-order valence-electron chi connectivity index (χ2n) is 7.12. The van der Waals surface area contributed by atoms with Crippen LogP contribution in [0.1, 0.15) is 49.3 Å². The molecular formula is C23H26N2O3. The van der Waals surface area contributed by atoms with Crippen LogP contribution in [-0.2, 0) is 11.2 Å². The molecule has 3 aromatic rings. The minimum Gasteiger partial charge on any atom is -0.454 e. The molecule has 0 radical (unpaired) electrons. The maximum absolute atomic E-state index is 12.6. The average Bonchev–Trinajstić information content (AvgIpc) is 3.37. The molecule has 4 rings (SSSR count). The molecule has 1 amide bonds. The van der Waals surface area contributed by atoms with Gasteiger partial charge >= 0.3 is 0 Å². The van der Waals surface area contributed by atoms with E-state index in [-0.39, 0.29) is 18.6 Å². The van der Waals surface area contributed by atoms with Crippen molar-refractivity contribution < 1.29 is 14.3 Å². The number of rotatable bonds is 7. The summed E-state index contributed by atoms with van der Waals surface area (Å²) in [5, 5.41) is 4.17. The highest BCUT2D eigenvalue weighted by Gasteiger charge is 2.28. The lowest BCUT2D eigenvalue weighted by atomic mass is 9.86. The molecule has 5 nitrogen and oxygen atoms in total. The van der Waals surface area contributed by atoms with Crippen molar-refractivity contribution in [3.63, 3.8) is 0 Å². The normalized spacial score (nSPS) is 13.6. The first-order chi connectivity index (χ1) is 13.7. The molecule has 1 aliphatic heterocycles. The Hall–Kier alpha value is -2.95. The molecule has 5 heteroatoms. The van der Waals surface area contributed by atoms with Crippen LogP contribution in [0.4, 0.5) is 0 Å². The van der Waals surface area contributed by atoms with Gasteiger partial charge in [0, 0.05) is 41.5 Å². The fourth-order valence-corrected chi connectivity index (χ4v) is 3.96. The van der Waals surface area contributed by atoms with Crippen LogP contribution in [-0.4, -0.2) is 24.2 Å². The lowest BCUT2D eigenvalue weighted by Gasteiger charge is -2.19. The van der Waals surface area contributed by atoms with E-state index in [0.29, 0.717) is 13.0 Å². The van der Waals surface area contributed by atoms with E-state index in [1.54, 1.807) is 0 Å². The van der Waals surface area contributed by atoms with E-state index >= 15 is 0 Å². The summed E-state index contributed by atoms with van der Waals surface area (Å²) >= 11 is 0. The first-order valence-corrected chi connectivity index (χ1v) is 9.97. The van der Waals surface area contributed by atoms with Crippen molar-refractivity contribution in [2.75, 3.05) is 13.3 Å². The number of hydrogen-bond acceptors (Lipinski definition) is 3. The van der Waals surface area contributed by atoms with Crippen LogP contribution < -0.4 is 14.8 Å². The number of ether oxygens (including phenoxy) is 2. The Morgan fingerprint density at radius 2 is 2.00 bits per heavy atom. The molecule has 0 aliphatic carbocycles. The predicted octanol–water partition coefficient (Wildman–Crippen LogP) is 4.51. The van der Waals surface area contributed by atoms with Crippen molar-refractivity contribution in [3.8, 4) is 11.5 Å². The molecule has 0 bridgehead atoms. The Labute approximate surface area is 165 Å². The number of nitrogens with one attached hydrogen (secondary N) is 2. The highest BCUT2D eigenvalue weighted by Crippen LogP contribution is 2.44. The Morgan fingerprint density at radius 1 is 1.14 bits per heavy atom. The number of aromatic amines is 1. The number of aromatic nitrogens is 1. The predicted molar refractivity (Wildman–Crippen MR) is 110 cm³/mol. The maximum Gasteiger partial charge on any atom is 0.231 e. The first kappa shape index (κ1) is 18.4. The number of para-hydroxylation sites is 2. The molecule has 1 atom stereocenters. The molecule has 1 aliphatic rings. The third kappa shape index (κ3) is 3.33. The van der Waals surface area contributed by atoms with Gasteiger partial charge in [0.05, 0.1) is 0 Å². The number of H-pyrrole nitrogens is 1. The zero-order chi connectivity index (χ0) is 19.5. The SMILES string of the molecule is CCCNC(=O)C[C@H](c1cccc2c1OCO2)c1c[nH]c2c(CC)cccc12. The molecule has 2 heterocycles. The fourth-order valence-electron chi connectivity index (χ4n) is 3.96. The van der Waals surface area contributed by atoms with Crippen molar-refractivity contribution in [1.82, 2.24) is 10.3 Å². The zero-order valence-electron chi connectivity index (χ0n) is 16.4. The number of benzene rings is 2. The topological polar surface area (TPSA) is 63.4 Å². The van der Waals surface area contributed by atoms with E-state index in [4.69, 9.17) is 9.47 Å². The van der Waals surface area contributed by atoms with Crippen LogP contribution in [0.3, 0.4) is 0 Å². The van der Waals surface area contributed by atoms with Crippen LogP contribution >= 0.6 is 0 Å². The molecule has 2 N–H and O–H groups in total. The van der Waals surface area contributed by atoms with Crippen molar-refractivity contribution in [2.24, 2.45) is 0 Å². The highest BCUT2D eigenvalue weighted by atomic mass is 16.7. The Bertz CT molecular complexity index is 993. The Morgan fingerprint density at radius 3 is 2.82 bits per heavy atom. The van der Waals surface area contributed by atoms with Crippen LogP contribution in [0.2, 0.25) is 0 Å². The number of aryl methyl sites for hydroxylation is 1. The highest BCUT2D eigenvalue weighted by molar-refractivity contribution is 5.88. The average molecular weight is 378 g/mol. The lowest BCUT2D eigenvalue weighted by molar-refractivity contribution is -0.121. The number of fused-ring (bicyclic) bond motifs is 2. The standard InChI is InChI=1S/C23H26N2O3/c1-3-11-24-21(26)12-18(17-9-6-10-20-23(17)28-14-27-20)19-13-25-22-15(4-2)7-5-8-16(19)22/h5-10,13,18,25H,3-4,11-12,14H2,1-2H3,(H,24,26)/t18-/m1/s1. The Kier molecular flexibility index (Phi) is 5.24. The summed E-state index contributed by atoms with van der Waals surface area (Å²) in [5.74, 6) is 1.42. The molecule has 146 valence electrons. The smallest absolute Gasteiger partial charge is 0.231 e. The van der Waals surface area contributed by atoms with E-state index in [2.05, 4.69) is 42.3 Å². The Balaban J connectivity index is 1.80. The van der Waals surface area contributed by atoms with Crippen LogP contribution in [0.5, 0.6) is 11.5 Å². The van der Waals surface area contributed by atoms with Gasteiger partial charge in [-0.3, -0.25) is 4.79 Å². The van der Waals surface area contributed by atoms with Crippen LogP contribution in [0.15, 0.2) is 42.6 Å². The van der Waals surface area contributed by atoms with E-state index in [1.165, 1.54) is 5.56 Å². The summed E-state index contributed by atoms with van der Waals surface area (Å²) in [6.07, 6.45) is 4.28. The van der Waals surface area contributed by atoms with E-state index in [0.717, 1.165) is 46.4 Å². The zero-order valence-corrected chi connectivity index (χ0v) is 16.4. The number of amides is 1. The molecule has 0 unspecified atom stereocenters. The molecule has 28 heavy (non-hydrogen) atoms. The van der Waals surface area contributed by atoms with Gasteiger partial charge in [-0.1, -0.05) is 44.2 Å². The molecule has 0 saturated carbocycles. The summed E-state index contributed by atoms with van der Waals surface area (Å²) in [7, 11) is 0. The monoisotopic (exact) mass is 378 g/mol. The minimum absolute atomic E-state index is 0.0457. The molecule has 2 aromatic carbocycles. The van der Waals surface area contributed by atoms with E-state index < -0.39 is 0 Å². The van der Waals surface area contributed by atoms with Crippen LogP contribution in [0, 0.1) is 0 Å². The van der Waals surface area contributed by atoms with Crippen molar-refractivity contribution >= 4 is 16.8 Å². The summed E-state index contributed by atoms with van der Waals surface area (Å²) in [6.45, 7) is 5.11. The number of carbonyl (C=O) groups is 1. The first-order valence-electron chi connectivity index (χ1n) is 9.97. The molecule has 0 spiro atoms. The van der Waals surface area contributed by atoms with Crippen LogP contribution in [0.25, 0.3) is 10.9 Å². The molecule has 0 fully saturated rings. The second-order valence-corrected chi connectivity index (χ2v) is 7.12. The third-order valence-electron chi connectivity index (χ3n) is 5.35. The second kappa shape index (κ2) is 7.97. The number of hydrogen-bond donors (Lipinski definition) is 2. The van der Waals surface area contributed by atoms with Crippen molar-refractivity contribution in [2.45, 2.75) is 39.0 Å². The maximum atomic E-state index is 12.6. The third-order valence-corrected chi connectivity index (χ3v) is 5.35.